The fourth-order valence-electron chi connectivity index (χ4n) is 2.31. The molecule has 1 saturated heterocycles. The third-order valence-corrected chi connectivity index (χ3v) is 3.80. The van der Waals surface area contributed by atoms with Crippen LogP contribution in [0, 0.1) is 5.82 Å². The molecule has 0 saturated carbocycles. The maximum Gasteiger partial charge on any atom is 0.245 e. The third-order valence-electron chi connectivity index (χ3n) is 3.31. The molecule has 1 atom stereocenters. The summed E-state index contributed by atoms with van der Waals surface area (Å²) in [5, 5.41) is 10.4. The molecule has 1 aromatic heterocycles. The van der Waals surface area contributed by atoms with Crippen molar-refractivity contribution >= 4 is 21.9 Å². The number of anilines is 1. The zero-order chi connectivity index (χ0) is 14.1. The molecule has 0 spiro atoms. The molecule has 2 heterocycles. The zero-order valence-corrected chi connectivity index (χ0v) is 12.6. The number of piperazine rings is 1. The standard InChI is InChI=1S/C13H15BrFN5/c1-8-7-20(5-4-16-8)13-17-12(18-19-13)10-3-2-9(14)6-11(10)15/h2-3,6,8,16H,4-5,7H2,1H3,(H,17,18,19). The Labute approximate surface area is 124 Å². The van der Waals surface area contributed by atoms with Crippen LogP contribution in [0.15, 0.2) is 22.7 Å². The number of nitrogens with zero attached hydrogens (tertiary/aromatic N) is 3. The second-order valence-corrected chi connectivity index (χ2v) is 5.83. The van der Waals surface area contributed by atoms with Gasteiger partial charge >= 0.3 is 0 Å². The van der Waals surface area contributed by atoms with Crippen molar-refractivity contribution in [1.29, 1.82) is 0 Å². The fraction of sp³-hybridized carbons (Fsp3) is 0.385. The zero-order valence-electron chi connectivity index (χ0n) is 11.0. The number of H-pyrrole nitrogens is 1. The van der Waals surface area contributed by atoms with Gasteiger partial charge in [0.1, 0.15) is 5.82 Å². The van der Waals surface area contributed by atoms with Gasteiger partial charge in [-0.15, -0.1) is 5.10 Å². The van der Waals surface area contributed by atoms with Crippen LogP contribution < -0.4 is 10.2 Å². The molecule has 0 amide bonds. The van der Waals surface area contributed by atoms with E-state index in [2.05, 4.69) is 48.3 Å². The minimum Gasteiger partial charge on any atom is -0.337 e. The number of rotatable bonds is 2. The van der Waals surface area contributed by atoms with E-state index >= 15 is 0 Å². The normalized spacial score (nSPS) is 19.4. The number of hydrogen-bond acceptors (Lipinski definition) is 4. The first kappa shape index (κ1) is 13.5. The van der Waals surface area contributed by atoms with Gasteiger partial charge in [0.2, 0.25) is 5.95 Å². The van der Waals surface area contributed by atoms with Crippen LogP contribution in [-0.4, -0.2) is 40.9 Å². The monoisotopic (exact) mass is 339 g/mol. The third kappa shape index (κ3) is 2.69. The highest BCUT2D eigenvalue weighted by atomic mass is 79.9. The van der Waals surface area contributed by atoms with Gasteiger partial charge in [-0.25, -0.2) is 4.39 Å². The Hall–Kier alpha value is -1.47. The average molecular weight is 340 g/mol. The molecule has 3 rings (SSSR count). The van der Waals surface area contributed by atoms with Crippen LogP contribution in [0.1, 0.15) is 6.92 Å². The largest absolute Gasteiger partial charge is 0.337 e. The summed E-state index contributed by atoms with van der Waals surface area (Å²) in [6, 6.07) is 5.29. The predicted octanol–water partition coefficient (Wildman–Crippen LogP) is 2.17. The van der Waals surface area contributed by atoms with Crippen LogP contribution in [0.2, 0.25) is 0 Å². The van der Waals surface area contributed by atoms with Crippen LogP contribution in [-0.2, 0) is 0 Å². The van der Waals surface area contributed by atoms with E-state index in [1.165, 1.54) is 6.07 Å². The van der Waals surface area contributed by atoms with Crippen molar-refractivity contribution in [1.82, 2.24) is 20.5 Å². The molecular weight excluding hydrogens is 325 g/mol. The predicted molar refractivity (Wildman–Crippen MR) is 79.2 cm³/mol. The Morgan fingerprint density at radius 1 is 1.45 bits per heavy atom. The lowest BCUT2D eigenvalue weighted by atomic mass is 10.2. The molecule has 1 aromatic carbocycles. The first-order valence-electron chi connectivity index (χ1n) is 6.49. The van der Waals surface area contributed by atoms with Crippen molar-refractivity contribution < 1.29 is 4.39 Å². The summed E-state index contributed by atoms with van der Waals surface area (Å²) in [5.74, 6) is 0.752. The molecule has 1 aliphatic rings. The van der Waals surface area contributed by atoms with Crippen molar-refractivity contribution in [3.8, 4) is 11.4 Å². The SMILES string of the molecule is CC1CN(c2n[nH]c(-c3ccc(Br)cc3F)n2)CCN1. The maximum atomic E-state index is 13.9. The first-order chi connectivity index (χ1) is 9.63. The van der Waals surface area contributed by atoms with E-state index in [1.54, 1.807) is 12.1 Å². The summed E-state index contributed by atoms with van der Waals surface area (Å²) >= 11 is 3.24. The fourth-order valence-corrected chi connectivity index (χ4v) is 2.64. The van der Waals surface area contributed by atoms with Gasteiger partial charge in [-0.05, 0) is 25.1 Å². The van der Waals surface area contributed by atoms with E-state index in [0.717, 1.165) is 19.6 Å². The van der Waals surface area contributed by atoms with Crippen LogP contribution in [0.4, 0.5) is 10.3 Å². The smallest absolute Gasteiger partial charge is 0.245 e. The van der Waals surface area contributed by atoms with Gasteiger partial charge in [0.15, 0.2) is 5.82 Å². The Morgan fingerprint density at radius 2 is 2.30 bits per heavy atom. The molecule has 106 valence electrons. The van der Waals surface area contributed by atoms with E-state index in [4.69, 9.17) is 0 Å². The van der Waals surface area contributed by atoms with Crippen molar-refractivity contribution in [3.05, 3.63) is 28.5 Å². The van der Waals surface area contributed by atoms with Crippen molar-refractivity contribution in [2.45, 2.75) is 13.0 Å². The van der Waals surface area contributed by atoms with Gasteiger partial charge in [0, 0.05) is 30.1 Å². The summed E-state index contributed by atoms with van der Waals surface area (Å²) in [6.45, 7) is 4.72. The van der Waals surface area contributed by atoms with Gasteiger partial charge in [-0.3, -0.25) is 5.10 Å². The average Bonchev–Trinajstić information content (AvgIpc) is 2.88. The highest BCUT2D eigenvalue weighted by molar-refractivity contribution is 9.10. The van der Waals surface area contributed by atoms with E-state index in [-0.39, 0.29) is 5.82 Å². The van der Waals surface area contributed by atoms with Crippen molar-refractivity contribution in [3.63, 3.8) is 0 Å². The molecule has 7 heteroatoms. The topological polar surface area (TPSA) is 56.8 Å². The molecule has 0 bridgehead atoms. The Balaban J connectivity index is 1.86. The van der Waals surface area contributed by atoms with Crippen molar-refractivity contribution in [2.24, 2.45) is 0 Å². The summed E-state index contributed by atoms with van der Waals surface area (Å²) in [5.41, 5.74) is 0.426. The highest BCUT2D eigenvalue weighted by Gasteiger charge is 2.20. The van der Waals surface area contributed by atoms with Gasteiger partial charge in [0.05, 0.1) is 5.56 Å². The Bertz CT molecular complexity index is 615. The number of benzene rings is 1. The molecule has 2 aromatic rings. The number of hydrogen-bond donors (Lipinski definition) is 2. The van der Waals surface area contributed by atoms with Crippen LogP contribution in [0.3, 0.4) is 0 Å². The maximum absolute atomic E-state index is 13.9. The first-order valence-corrected chi connectivity index (χ1v) is 7.29. The number of halogens is 2. The number of aromatic amines is 1. The van der Waals surface area contributed by atoms with Gasteiger partial charge < -0.3 is 10.2 Å². The number of nitrogens with one attached hydrogen (secondary N) is 2. The van der Waals surface area contributed by atoms with E-state index in [9.17, 15) is 4.39 Å². The van der Waals surface area contributed by atoms with Crippen LogP contribution in [0.25, 0.3) is 11.4 Å². The second kappa shape index (κ2) is 5.49. The molecule has 2 N–H and O–H groups in total. The summed E-state index contributed by atoms with van der Waals surface area (Å²) in [7, 11) is 0. The number of aromatic nitrogens is 3. The van der Waals surface area contributed by atoms with Gasteiger partial charge in [-0.2, -0.15) is 4.98 Å². The van der Waals surface area contributed by atoms with E-state index < -0.39 is 0 Å². The van der Waals surface area contributed by atoms with Gasteiger partial charge in [-0.1, -0.05) is 15.9 Å². The summed E-state index contributed by atoms with van der Waals surface area (Å²) < 4.78 is 14.6. The quantitative estimate of drug-likeness (QED) is 0.880. The highest BCUT2D eigenvalue weighted by Crippen LogP contribution is 2.24. The lowest BCUT2D eigenvalue weighted by Gasteiger charge is -2.30. The molecule has 5 nitrogen and oxygen atoms in total. The lowest BCUT2D eigenvalue weighted by molar-refractivity contribution is 0.480. The molecule has 1 fully saturated rings. The summed E-state index contributed by atoms with van der Waals surface area (Å²) in [4.78, 5) is 6.50. The van der Waals surface area contributed by atoms with Crippen molar-refractivity contribution in [2.75, 3.05) is 24.5 Å². The Kier molecular flexibility index (Phi) is 3.71. The molecule has 0 aliphatic carbocycles. The second-order valence-electron chi connectivity index (χ2n) is 4.91. The van der Waals surface area contributed by atoms with Crippen LogP contribution >= 0.6 is 15.9 Å². The molecule has 0 radical (unpaired) electrons. The Morgan fingerprint density at radius 3 is 3.05 bits per heavy atom. The van der Waals surface area contributed by atoms with Gasteiger partial charge in [0.25, 0.3) is 0 Å². The molecule has 20 heavy (non-hydrogen) atoms. The minimum absolute atomic E-state index is 0.323. The minimum atomic E-state index is -0.323. The lowest BCUT2D eigenvalue weighted by Crippen LogP contribution is -2.49. The molecule has 1 aliphatic heterocycles. The van der Waals surface area contributed by atoms with Crippen LogP contribution in [0.5, 0.6) is 0 Å². The molecular formula is C13H15BrFN5. The molecule has 1 unspecified atom stereocenters. The summed E-state index contributed by atoms with van der Waals surface area (Å²) in [6.07, 6.45) is 0. The van der Waals surface area contributed by atoms with E-state index in [0.29, 0.717) is 27.9 Å². The van der Waals surface area contributed by atoms with E-state index in [1.807, 2.05) is 0 Å².